The Morgan fingerprint density at radius 2 is 2.31 bits per heavy atom. The van der Waals surface area contributed by atoms with Gasteiger partial charge in [0, 0.05) is 18.2 Å². The van der Waals surface area contributed by atoms with Gasteiger partial charge in [-0.15, -0.1) is 0 Å². The molecular weight excluding hydrogens is 272 g/mol. The number of amides is 1. The van der Waals surface area contributed by atoms with Crippen LogP contribution in [-0.4, -0.2) is 19.6 Å². The Morgan fingerprint density at radius 3 is 2.81 bits per heavy atom. The quantitative estimate of drug-likeness (QED) is 0.890. The number of halogens is 1. The summed E-state index contributed by atoms with van der Waals surface area (Å²) in [7, 11) is 1.59. The average molecular weight is 287 g/mol. The Balaban J connectivity index is 2.75. The molecule has 1 aromatic rings. The minimum atomic E-state index is -0.194. The summed E-state index contributed by atoms with van der Waals surface area (Å²) in [5, 5.41) is 2.78. The zero-order valence-corrected chi connectivity index (χ0v) is 10.9. The number of methoxy groups -OCH3 is 1. The zero-order valence-electron chi connectivity index (χ0n) is 9.29. The second-order valence-electron chi connectivity index (χ2n) is 3.48. The summed E-state index contributed by atoms with van der Waals surface area (Å²) >= 11 is 3.35. The number of nitrogens with one attached hydrogen (secondary N) is 1. The van der Waals surface area contributed by atoms with Crippen molar-refractivity contribution in [3.63, 3.8) is 0 Å². The molecule has 0 spiro atoms. The van der Waals surface area contributed by atoms with Crippen LogP contribution < -0.4 is 15.8 Å². The fourth-order valence-electron chi connectivity index (χ4n) is 1.12. The normalized spacial score (nSPS) is 12.0. The van der Waals surface area contributed by atoms with Crippen LogP contribution in [-0.2, 0) is 4.79 Å². The molecule has 0 saturated carbocycles. The molecule has 4 nitrogen and oxygen atoms in total. The lowest BCUT2D eigenvalue weighted by Gasteiger charge is -2.11. The Morgan fingerprint density at radius 1 is 1.62 bits per heavy atom. The van der Waals surface area contributed by atoms with E-state index >= 15 is 0 Å². The van der Waals surface area contributed by atoms with Crippen molar-refractivity contribution in [2.75, 3.05) is 19.0 Å². The van der Waals surface area contributed by atoms with Crippen molar-refractivity contribution in [2.45, 2.75) is 6.92 Å². The first-order valence-electron chi connectivity index (χ1n) is 4.93. The van der Waals surface area contributed by atoms with Crippen molar-refractivity contribution in [2.24, 2.45) is 11.7 Å². The topological polar surface area (TPSA) is 64.3 Å². The van der Waals surface area contributed by atoms with Gasteiger partial charge in [-0.05, 0) is 34.1 Å². The fraction of sp³-hybridized carbons (Fsp3) is 0.364. The highest BCUT2D eigenvalue weighted by atomic mass is 79.9. The van der Waals surface area contributed by atoms with E-state index in [0.717, 1.165) is 15.9 Å². The molecule has 0 fully saturated rings. The number of hydrogen-bond donors (Lipinski definition) is 2. The highest BCUT2D eigenvalue weighted by Crippen LogP contribution is 2.27. The van der Waals surface area contributed by atoms with Gasteiger partial charge in [-0.2, -0.15) is 0 Å². The minimum absolute atomic E-state index is 0.0837. The number of ether oxygens (including phenoxy) is 1. The van der Waals surface area contributed by atoms with Gasteiger partial charge in [-0.1, -0.05) is 6.92 Å². The van der Waals surface area contributed by atoms with Gasteiger partial charge in [0.15, 0.2) is 0 Å². The van der Waals surface area contributed by atoms with Crippen LogP contribution in [0.3, 0.4) is 0 Å². The number of carbonyl (C=O) groups is 1. The molecule has 5 heteroatoms. The average Bonchev–Trinajstić information content (AvgIpc) is 2.28. The molecule has 0 aliphatic rings. The first-order valence-corrected chi connectivity index (χ1v) is 5.72. The van der Waals surface area contributed by atoms with E-state index in [-0.39, 0.29) is 11.8 Å². The van der Waals surface area contributed by atoms with Gasteiger partial charge in [-0.3, -0.25) is 4.79 Å². The van der Waals surface area contributed by atoms with E-state index in [1.807, 2.05) is 0 Å². The van der Waals surface area contributed by atoms with Crippen molar-refractivity contribution in [1.82, 2.24) is 0 Å². The summed E-state index contributed by atoms with van der Waals surface area (Å²) in [5.41, 5.74) is 6.13. The number of carbonyl (C=O) groups excluding carboxylic acids is 1. The third-order valence-corrected chi connectivity index (χ3v) is 2.84. The number of nitrogens with two attached hydrogens (primary N) is 1. The molecule has 0 radical (unpaired) electrons. The van der Waals surface area contributed by atoms with Crippen molar-refractivity contribution in [3.8, 4) is 5.75 Å². The van der Waals surface area contributed by atoms with Crippen LogP contribution in [0.15, 0.2) is 22.7 Å². The third kappa shape index (κ3) is 3.21. The maximum Gasteiger partial charge on any atom is 0.228 e. The van der Waals surface area contributed by atoms with Gasteiger partial charge >= 0.3 is 0 Å². The molecular formula is C11H15BrN2O2. The number of benzene rings is 1. The molecule has 0 saturated heterocycles. The van der Waals surface area contributed by atoms with Crippen LogP contribution in [0.5, 0.6) is 5.75 Å². The van der Waals surface area contributed by atoms with E-state index in [1.54, 1.807) is 32.2 Å². The van der Waals surface area contributed by atoms with Gasteiger partial charge in [-0.25, -0.2) is 0 Å². The molecule has 1 amide bonds. The van der Waals surface area contributed by atoms with Crippen molar-refractivity contribution >= 4 is 27.5 Å². The summed E-state index contributed by atoms with van der Waals surface area (Å²) in [6.07, 6.45) is 0. The van der Waals surface area contributed by atoms with Crippen molar-refractivity contribution in [1.29, 1.82) is 0 Å². The molecule has 0 bridgehead atoms. The maximum absolute atomic E-state index is 11.6. The first-order chi connectivity index (χ1) is 7.58. The molecule has 0 heterocycles. The van der Waals surface area contributed by atoms with Crippen LogP contribution in [0.2, 0.25) is 0 Å². The molecule has 1 unspecified atom stereocenters. The van der Waals surface area contributed by atoms with Crippen LogP contribution in [0.25, 0.3) is 0 Å². The minimum Gasteiger partial charge on any atom is -0.496 e. The molecule has 1 aromatic carbocycles. The lowest BCUT2D eigenvalue weighted by molar-refractivity contribution is -0.119. The molecule has 1 atom stereocenters. The maximum atomic E-state index is 11.6. The molecule has 0 aliphatic heterocycles. The van der Waals surface area contributed by atoms with Crippen LogP contribution >= 0.6 is 15.9 Å². The van der Waals surface area contributed by atoms with Gasteiger partial charge in [0.1, 0.15) is 5.75 Å². The summed E-state index contributed by atoms with van der Waals surface area (Å²) < 4.78 is 5.89. The summed E-state index contributed by atoms with van der Waals surface area (Å²) in [6.45, 7) is 2.12. The third-order valence-electron chi connectivity index (χ3n) is 2.22. The number of hydrogen-bond acceptors (Lipinski definition) is 3. The van der Waals surface area contributed by atoms with Gasteiger partial charge in [0.2, 0.25) is 5.91 Å². The fourth-order valence-corrected chi connectivity index (χ4v) is 1.66. The van der Waals surface area contributed by atoms with Gasteiger partial charge < -0.3 is 15.8 Å². The Hall–Kier alpha value is -1.07. The Kier molecular flexibility index (Phi) is 4.76. The van der Waals surface area contributed by atoms with Crippen LogP contribution in [0.1, 0.15) is 6.92 Å². The van der Waals surface area contributed by atoms with E-state index in [9.17, 15) is 4.79 Å². The predicted octanol–water partition coefficient (Wildman–Crippen LogP) is 1.99. The zero-order chi connectivity index (χ0) is 12.1. The largest absolute Gasteiger partial charge is 0.496 e. The first kappa shape index (κ1) is 13.0. The van der Waals surface area contributed by atoms with E-state index in [2.05, 4.69) is 21.2 Å². The molecule has 0 aliphatic carbocycles. The summed E-state index contributed by atoms with van der Waals surface area (Å²) in [4.78, 5) is 11.6. The lowest BCUT2D eigenvalue weighted by Crippen LogP contribution is -2.26. The van der Waals surface area contributed by atoms with E-state index < -0.39 is 0 Å². The predicted molar refractivity (Wildman–Crippen MR) is 67.5 cm³/mol. The van der Waals surface area contributed by atoms with Crippen LogP contribution in [0.4, 0.5) is 5.69 Å². The standard InChI is InChI=1S/C11H15BrN2O2/c1-7(6-13)11(15)14-8-3-4-10(16-2)9(12)5-8/h3-5,7H,6,13H2,1-2H3,(H,14,15). The van der Waals surface area contributed by atoms with E-state index in [0.29, 0.717) is 6.54 Å². The lowest BCUT2D eigenvalue weighted by atomic mass is 10.1. The highest BCUT2D eigenvalue weighted by molar-refractivity contribution is 9.10. The van der Waals surface area contributed by atoms with Crippen molar-refractivity contribution < 1.29 is 9.53 Å². The number of rotatable bonds is 4. The molecule has 1 rings (SSSR count). The number of anilines is 1. The monoisotopic (exact) mass is 286 g/mol. The Bertz CT molecular complexity index is 382. The molecule has 88 valence electrons. The SMILES string of the molecule is COc1ccc(NC(=O)C(C)CN)cc1Br. The molecule has 0 aromatic heterocycles. The smallest absolute Gasteiger partial charge is 0.228 e. The Labute approximate surface area is 103 Å². The van der Waals surface area contributed by atoms with Crippen LogP contribution in [0, 0.1) is 5.92 Å². The summed E-state index contributed by atoms with van der Waals surface area (Å²) in [5.74, 6) is 0.449. The van der Waals surface area contributed by atoms with Gasteiger partial charge in [0.25, 0.3) is 0 Å². The second-order valence-corrected chi connectivity index (χ2v) is 4.33. The molecule has 16 heavy (non-hydrogen) atoms. The van der Waals surface area contributed by atoms with E-state index in [4.69, 9.17) is 10.5 Å². The highest BCUT2D eigenvalue weighted by Gasteiger charge is 2.11. The van der Waals surface area contributed by atoms with E-state index in [1.165, 1.54) is 0 Å². The van der Waals surface area contributed by atoms with Crippen molar-refractivity contribution in [3.05, 3.63) is 22.7 Å². The summed E-state index contributed by atoms with van der Waals surface area (Å²) in [6, 6.07) is 5.36. The van der Waals surface area contributed by atoms with Gasteiger partial charge in [0.05, 0.1) is 11.6 Å². The molecule has 3 N–H and O–H groups in total. The second kappa shape index (κ2) is 5.86.